The molecule has 0 spiro atoms. The van der Waals surface area contributed by atoms with E-state index in [1.807, 2.05) is 6.20 Å². The molecule has 3 nitrogen and oxygen atoms in total. The highest BCUT2D eigenvalue weighted by molar-refractivity contribution is 5.73. The van der Waals surface area contributed by atoms with Crippen LogP contribution in [0.5, 0.6) is 0 Å². The highest BCUT2D eigenvalue weighted by Gasteiger charge is 2.25. The van der Waals surface area contributed by atoms with Crippen molar-refractivity contribution in [2.45, 2.75) is 47.5 Å². The Hall–Kier alpha value is -2.55. The van der Waals surface area contributed by atoms with Crippen LogP contribution >= 0.6 is 0 Å². The highest BCUT2D eigenvalue weighted by atomic mass is 16.3. The van der Waals surface area contributed by atoms with Gasteiger partial charge in [0.1, 0.15) is 5.42 Å². The Morgan fingerprint density at radius 2 is 2.15 bits per heavy atom. The quantitative estimate of drug-likeness (QED) is 0.792. The van der Waals surface area contributed by atoms with Crippen LogP contribution in [0.2, 0.25) is 0 Å². The molecule has 0 amide bonds. The maximum Gasteiger partial charge on any atom is 0.198 e. The summed E-state index contributed by atoms with van der Waals surface area (Å²) in [7, 11) is 0. The molecule has 142 valence electrons. The molecule has 0 saturated carbocycles. The number of nitrogen functional groups attached to an aromatic ring is 1. The first-order valence-electron chi connectivity index (χ1n) is 9.82. The summed E-state index contributed by atoms with van der Waals surface area (Å²) < 4.78 is 6.12. The van der Waals surface area contributed by atoms with Crippen molar-refractivity contribution in [3.8, 4) is 0 Å². The number of hydrogen-bond donors (Lipinski definition) is 1. The molecule has 2 aromatic rings. The number of nitrogens with zero attached hydrogens (tertiary/aromatic N) is 1. The molecule has 2 aromatic heterocycles. The van der Waals surface area contributed by atoms with Crippen molar-refractivity contribution in [2.24, 2.45) is 11.8 Å². The van der Waals surface area contributed by atoms with Crippen LogP contribution in [0.15, 0.2) is 40.5 Å². The molecule has 1 aliphatic carbocycles. The summed E-state index contributed by atoms with van der Waals surface area (Å²) in [5, 5.41) is 1.10. The minimum absolute atomic E-state index is 0.264. The Kier molecular flexibility index (Phi) is 5.69. The second-order valence-corrected chi connectivity index (χ2v) is 7.71. The first kappa shape index (κ1) is 19.2. The number of hydrogen-bond acceptors (Lipinski definition) is 3. The first-order valence-corrected chi connectivity index (χ1v) is 9.82. The maximum atomic E-state index is 6.27. The Balaban J connectivity index is 2.29. The number of pyridine rings is 1. The Labute approximate surface area is 162 Å². The normalized spacial score (nSPS) is 17.5. The van der Waals surface area contributed by atoms with E-state index in [1.165, 1.54) is 5.57 Å². The standard InChI is InChI=1S/C24H30N2O/c1-6-7-17(5)18-11-12-19-20(10-8-15(2)3)24(25)27-23(19)22(18)21-13-9-16(4)14-26-21/h7-10,12-15,18H,6,11,25H2,1-5H3/b10-8-,17-7?. The lowest BCUT2D eigenvalue weighted by atomic mass is 9.83. The van der Waals surface area contributed by atoms with Crippen molar-refractivity contribution in [3.63, 3.8) is 0 Å². The van der Waals surface area contributed by atoms with Crippen molar-refractivity contribution >= 4 is 23.6 Å². The lowest BCUT2D eigenvalue weighted by Crippen LogP contribution is -2.32. The number of furan rings is 1. The van der Waals surface area contributed by atoms with Gasteiger partial charge in [0, 0.05) is 28.5 Å². The molecule has 1 aliphatic rings. The lowest BCUT2D eigenvalue weighted by Gasteiger charge is -2.21. The van der Waals surface area contributed by atoms with Gasteiger partial charge in [0.2, 0.25) is 0 Å². The molecule has 0 aromatic carbocycles. The van der Waals surface area contributed by atoms with Crippen LogP contribution in [0.25, 0.3) is 17.7 Å². The fourth-order valence-corrected chi connectivity index (χ4v) is 3.65. The van der Waals surface area contributed by atoms with Crippen molar-refractivity contribution in [3.05, 3.63) is 63.5 Å². The number of rotatable bonds is 5. The summed E-state index contributed by atoms with van der Waals surface area (Å²) in [6.45, 7) is 10.7. The molecule has 1 unspecified atom stereocenters. The Bertz CT molecular complexity index is 988. The van der Waals surface area contributed by atoms with Gasteiger partial charge in [-0.3, -0.25) is 4.98 Å². The summed E-state index contributed by atoms with van der Waals surface area (Å²) in [5.41, 5.74) is 12.7. The van der Waals surface area contributed by atoms with Crippen molar-refractivity contribution in [1.29, 1.82) is 0 Å². The van der Waals surface area contributed by atoms with Gasteiger partial charge in [-0.15, -0.1) is 0 Å². The molecule has 0 aliphatic heterocycles. The lowest BCUT2D eigenvalue weighted by molar-refractivity contribution is 0.537. The molecule has 0 saturated heterocycles. The fourth-order valence-electron chi connectivity index (χ4n) is 3.65. The van der Waals surface area contributed by atoms with Crippen LogP contribution in [-0.2, 0) is 0 Å². The van der Waals surface area contributed by atoms with Gasteiger partial charge in [0.15, 0.2) is 5.88 Å². The number of fused-ring (bicyclic) bond motifs is 1. The van der Waals surface area contributed by atoms with E-state index in [9.17, 15) is 0 Å². The average molecular weight is 363 g/mol. The van der Waals surface area contributed by atoms with Crippen LogP contribution in [0.1, 0.15) is 57.4 Å². The summed E-state index contributed by atoms with van der Waals surface area (Å²) >= 11 is 0. The minimum atomic E-state index is 0.264. The van der Waals surface area contributed by atoms with E-state index in [4.69, 9.17) is 15.1 Å². The van der Waals surface area contributed by atoms with Crippen LogP contribution in [0.4, 0.5) is 5.88 Å². The second-order valence-electron chi connectivity index (χ2n) is 7.71. The highest BCUT2D eigenvalue weighted by Crippen LogP contribution is 2.31. The molecule has 0 radical (unpaired) electrons. The van der Waals surface area contributed by atoms with Gasteiger partial charge in [-0.1, -0.05) is 56.7 Å². The van der Waals surface area contributed by atoms with Gasteiger partial charge in [0.25, 0.3) is 0 Å². The van der Waals surface area contributed by atoms with Gasteiger partial charge in [-0.05, 0) is 44.2 Å². The number of allylic oxidation sites excluding steroid dienone is 3. The first-order chi connectivity index (χ1) is 12.9. The van der Waals surface area contributed by atoms with Crippen LogP contribution < -0.4 is 16.4 Å². The third-order valence-electron chi connectivity index (χ3n) is 5.07. The number of aryl methyl sites for hydroxylation is 1. The number of aromatic nitrogens is 1. The summed E-state index contributed by atoms with van der Waals surface area (Å²) in [6.07, 6.45) is 12.7. The van der Waals surface area contributed by atoms with Crippen LogP contribution in [0, 0.1) is 18.8 Å². The van der Waals surface area contributed by atoms with Gasteiger partial charge in [-0.2, -0.15) is 0 Å². The zero-order valence-electron chi connectivity index (χ0n) is 17.0. The van der Waals surface area contributed by atoms with Crippen molar-refractivity contribution < 1.29 is 4.42 Å². The van der Waals surface area contributed by atoms with E-state index in [0.29, 0.717) is 11.8 Å². The molecular weight excluding hydrogens is 332 g/mol. The Morgan fingerprint density at radius 1 is 1.37 bits per heavy atom. The second kappa shape index (κ2) is 7.99. The van der Waals surface area contributed by atoms with Crippen LogP contribution in [-0.4, -0.2) is 4.98 Å². The fraction of sp³-hybridized carbons (Fsp3) is 0.375. The van der Waals surface area contributed by atoms with Crippen molar-refractivity contribution in [1.82, 2.24) is 4.98 Å². The SMILES string of the molecule is CCC=C(C)C1CC=c2c(/C=C\C(C)C)c(N)oc2=C1c1ccc(C)cn1. The van der Waals surface area contributed by atoms with Crippen molar-refractivity contribution in [2.75, 3.05) is 5.73 Å². The molecular formula is C24H30N2O. The third-order valence-corrected chi connectivity index (χ3v) is 5.07. The molecule has 27 heavy (non-hydrogen) atoms. The van der Waals surface area contributed by atoms with Gasteiger partial charge in [0.05, 0.1) is 5.69 Å². The minimum Gasteiger partial charge on any atom is -0.440 e. The van der Waals surface area contributed by atoms with E-state index in [1.54, 1.807) is 0 Å². The molecule has 3 heteroatoms. The van der Waals surface area contributed by atoms with E-state index < -0.39 is 0 Å². The Morgan fingerprint density at radius 3 is 2.78 bits per heavy atom. The van der Waals surface area contributed by atoms with E-state index in [2.05, 4.69) is 71.1 Å². The molecule has 3 rings (SSSR count). The van der Waals surface area contributed by atoms with Crippen LogP contribution in [0.3, 0.4) is 0 Å². The topological polar surface area (TPSA) is 52.0 Å². The maximum absolute atomic E-state index is 6.27. The predicted octanol–water partition coefficient (Wildman–Crippen LogP) is 4.59. The molecule has 1 atom stereocenters. The monoisotopic (exact) mass is 362 g/mol. The van der Waals surface area contributed by atoms with E-state index in [-0.39, 0.29) is 5.92 Å². The van der Waals surface area contributed by atoms with Gasteiger partial charge >= 0.3 is 0 Å². The van der Waals surface area contributed by atoms with E-state index in [0.717, 1.165) is 45.9 Å². The van der Waals surface area contributed by atoms with E-state index >= 15 is 0 Å². The number of nitrogens with two attached hydrogens (primary N) is 1. The smallest absolute Gasteiger partial charge is 0.198 e. The zero-order chi connectivity index (χ0) is 19.6. The zero-order valence-corrected chi connectivity index (χ0v) is 17.0. The van der Waals surface area contributed by atoms with Gasteiger partial charge < -0.3 is 10.2 Å². The third kappa shape index (κ3) is 3.92. The average Bonchev–Trinajstić information content (AvgIpc) is 2.95. The van der Waals surface area contributed by atoms with Gasteiger partial charge in [-0.25, -0.2) is 0 Å². The predicted molar refractivity (Wildman–Crippen MR) is 114 cm³/mol. The molecule has 0 fully saturated rings. The largest absolute Gasteiger partial charge is 0.440 e. The summed E-state index contributed by atoms with van der Waals surface area (Å²) in [5.74, 6) is 1.21. The number of anilines is 1. The molecule has 2 heterocycles. The molecule has 0 bridgehead atoms. The summed E-state index contributed by atoms with van der Waals surface area (Å²) in [4.78, 5) is 4.71. The molecule has 2 N–H and O–H groups in total. The summed E-state index contributed by atoms with van der Waals surface area (Å²) in [6, 6.07) is 4.20.